The lowest BCUT2D eigenvalue weighted by molar-refractivity contribution is 0.521. The molecule has 0 saturated heterocycles. The average molecular weight is 143 g/mol. The number of thioether (sulfide) groups is 1. The molecule has 1 heteroatoms. The van der Waals surface area contributed by atoms with E-state index in [2.05, 4.69) is 32.0 Å². The monoisotopic (exact) mass is 143 g/mol. The van der Waals surface area contributed by atoms with Gasteiger partial charge < -0.3 is 0 Å². The second-order valence-electron chi connectivity index (χ2n) is 2.73. The summed E-state index contributed by atoms with van der Waals surface area (Å²) in [5.74, 6) is 0. The van der Waals surface area contributed by atoms with Crippen LogP contribution in [0, 0.1) is 6.42 Å². The summed E-state index contributed by atoms with van der Waals surface area (Å²) < 4.78 is 0. The van der Waals surface area contributed by atoms with Gasteiger partial charge in [-0.2, -0.15) is 11.8 Å². The topological polar surface area (TPSA) is 0 Å². The quantitative estimate of drug-likeness (QED) is 0.585. The van der Waals surface area contributed by atoms with Gasteiger partial charge >= 0.3 is 0 Å². The van der Waals surface area contributed by atoms with E-state index in [1.54, 1.807) is 0 Å². The van der Waals surface area contributed by atoms with Gasteiger partial charge in [-0.25, -0.2) is 0 Å². The molecule has 9 heavy (non-hydrogen) atoms. The lowest BCUT2D eigenvalue weighted by atomic mass is 10.00. The third-order valence-electron chi connectivity index (χ3n) is 1.93. The van der Waals surface area contributed by atoms with Crippen molar-refractivity contribution in [3.8, 4) is 0 Å². The van der Waals surface area contributed by atoms with E-state index in [4.69, 9.17) is 0 Å². The van der Waals surface area contributed by atoms with Crippen molar-refractivity contribution in [2.24, 2.45) is 0 Å². The summed E-state index contributed by atoms with van der Waals surface area (Å²) in [6.45, 7) is 4.43. The zero-order chi connectivity index (χ0) is 6.69. The van der Waals surface area contributed by atoms with Crippen molar-refractivity contribution in [3.05, 3.63) is 6.42 Å². The molecule has 0 spiro atoms. The third-order valence-corrected chi connectivity index (χ3v) is 3.49. The van der Waals surface area contributed by atoms with Crippen molar-refractivity contribution >= 4 is 11.8 Å². The Bertz CT molecular complexity index is 73.9. The lowest BCUT2D eigenvalue weighted by Gasteiger charge is -2.27. The Hall–Kier alpha value is 0.350. The van der Waals surface area contributed by atoms with E-state index < -0.39 is 0 Å². The highest BCUT2D eigenvalue weighted by atomic mass is 32.2. The normalized spacial score (nSPS) is 23.3. The van der Waals surface area contributed by atoms with Crippen molar-refractivity contribution < 1.29 is 0 Å². The molecule has 1 rings (SSSR count). The van der Waals surface area contributed by atoms with Gasteiger partial charge in [0.05, 0.1) is 0 Å². The Morgan fingerprint density at radius 3 is 2.56 bits per heavy atom. The molecule has 1 radical (unpaired) electrons. The van der Waals surface area contributed by atoms with Crippen molar-refractivity contribution in [1.82, 2.24) is 0 Å². The predicted octanol–water partition coefficient (Wildman–Crippen LogP) is 2.88. The highest BCUT2D eigenvalue weighted by Crippen LogP contribution is 2.34. The van der Waals surface area contributed by atoms with E-state index in [0.717, 1.165) is 10.5 Å². The molecule has 0 aliphatic heterocycles. The molecular weight excluding hydrogens is 128 g/mol. The number of hydrogen-bond acceptors (Lipinski definition) is 1. The van der Waals surface area contributed by atoms with E-state index in [9.17, 15) is 0 Å². The molecular formula is C8H15S. The fourth-order valence-corrected chi connectivity index (χ4v) is 2.26. The van der Waals surface area contributed by atoms with Gasteiger partial charge in [0, 0.05) is 10.5 Å². The van der Waals surface area contributed by atoms with Crippen LogP contribution in [0.4, 0.5) is 0 Å². The molecule has 0 N–H and O–H groups in total. The van der Waals surface area contributed by atoms with Gasteiger partial charge in [-0.15, -0.1) is 0 Å². The summed E-state index contributed by atoms with van der Waals surface area (Å²) in [7, 11) is 0. The molecule has 1 atom stereocenters. The fraction of sp³-hybridized carbons (Fsp3) is 0.875. The Morgan fingerprint density at radius 2 is 2.22 bits per heavy atom. The van der Waals surface area contributed by atoms with E-state index in [0.29, 0.717) is 0 Å². The molecule has 0 bridgehead atoms. The molecule has 0 amide bonds. The largest absolute Gasteiger partial charge is 0.155 e. The smallest absolute Gasteiger partial charge is 0.00500 e. The lowest BCUT2D eigenvalue weighted by Crippen LogP contribution is -2.16. The maximum Gasteiger partial charge on any atom is 0.00500 e. The van der Waals surface area contributed by atoms with Crippen LogP contribution in [0.2, 0.25) is 0 Å². The second kappa shape index (κ2) is 3.50. The van der Waals surface area contributed by atoms with Gasteiger partial charge in [-0.3, -0.25) is 0 Å². The van der Waals surface area contributed by atoms with Gasteiger partial charge in [-0.1, -0.05) is 20.3 Å². The van der Waals surface area contributed by atoms with Crippen LogP contribution in [0.5, 0.6) is 0 Å². The van der Waals surface area contributed by atoms with Crippen molar-refractivity contribution in [1.29, 1.82) is 0 Å². The molecule has 1 saturated carbocycles. The first-order valence-corrected chi connectivity index (χ1v) is 4.72. The highest BCUT2D eigenvalue weighted by molar-refractivity contribution is 8.00. The maximum absolute atomic E-state index is 2.28. The maximum atomic E-state index is 2.28. The summed E-state index contributed by atoms with van der Waals surface area (Å²) in [6.07, 6.45) is 6.67. The molecule has 1 fully saturated rings. The molecule has 1 unspecified atom stereocenters. The highest BCUT2D eigenvalue weighted by Gasteiger charge is 2.19. The Morgan fingerprint density at radius 1 is 1.56 bits per heavy atom. The second-order valence-corrected chi connectivity index (χ2v) is 4.41. The SMILES string of the molecule is C[CH]C(C)SC1CCC1. The standard InChI is InChI=1S/C8H15S/c1-3-7(2)9-8-5-4-6-8/h3,7-8H,4-6H2,1-2H3. The van der Waals surface area contributed by atoms with Crippen LogP contribution in [0.3, 0.4) is 0 Å². The van der Waals surface area contributed by atoms with Gasteiger partial charge in [0.1, 0.15) is 0 Å². The summed E-state index contributed by atoms with van der Waals surface area (Å²) in [4.78, 5) is 0. The number of rotatable bonds is 3. The van der Waals surface area contributed by atoms with Crippen molar-refractivity contribution in [2.75, 3.05) is 0 Å². The fourth-order valence-electron chi connectivity index (χ4n) is 0.889. The van der Waals surface area contributed by atoms with Crippen LogP contribution in [-0.2, 0) is 0 Å². The predicted molar refractivity (Wildman–Crippen MR) is 44.7 cm³/mol. The van der Waals surface area contributed by atoms with Gasteiger partial charge in [-0.05, 0) is 19.3 Å². The van der Waals surface area contributed by atoms with E-state index in [1.165, 1.54) is 19.3 Å². The molecule has 1 aliphatic carbocycles. The van der Waals surface area contributed by atoms with Gasteiger partial charge in [0.25, 0.3) is 0 Å². The minimum atomic E-state index is 0.773. The van der Waals surface area contributed by atoms with Crippen molar-refractivity contribution in [2.45, 2.75) is 43.6 Å². The van der Waals surface area contributed by atoms with Crippen LogP contribution in [0.1, 0.15) is 33.1 Å². The van der Waals surface area contributed by atoms with E-state index in [-0.39, 0.29) is 0 Å². The van der Waals surface area contributed by atoms with Crippen LogP contribution in [0.25, 0.3) is 0 Å². The van der Waals surface area contributed by atoms with Crippen LogP contribution in [0.15, 0.2) is 0 Å². The molecule has 0 aromatic rings. The van der Waals surface area contributed by atoms with Gasteiger partial charge in [0.15, 0.2) is 0 Å². The Kier molecular flexibility index (Phi) is 2.90. The Balaban J connectivity index is 2.01. The minimum absolute atomic E-state index is 0.773. The van der Waals surface area contributed by atoms with Crippen molar-refractivity contribution in [3.63, 3.8) is 0 Å². The molecule has 0 aromatic heterocycles. The summed E-state index contributed by atoms with van der Waals surface area (Å²) >= 11 is 2.13. The summed E-state index contributed by atoms with van der Waals surface area (Å²) in [5, 5.41) is 1.77. The summed E-state index contributed by atoms with van der Waals surface area (Å²) in [6, 6.07) is 0. The zero-order valence-corrected chi connectivity index (χ0v) is 7.08. The van der Waals surface area contributed by atoms with Gasteiger partial charge in [0.2, 0.25) is 0 Å². The van der Waals surface area contributed by atoms with Crippen LogP contribution in [-0.4, -0.2) is 10.5 Å². The van der Waals surface area contributed by atoms with Crippen LogP contribution >= 0.6 is 11.8 Å². The van der Waals surface area contributed by atoms with E-state index in [1.807, 2.05) is 0 Å². The average Bonchev–Trinajstić information content (AvgIpc) is 1.78. The Labute approximate surface area is 62.4 Å². The third kappa shape index (κ3) is 2.21. The number of hydrogen-bond donors (Lipinski definition) is 0. The molecule has 0 nitrogen and oxygen atoms in total. The first kappa shape index (κ1) is 7.46. The summed E-state index contributed by atoms with van der Waals surface area (Å²) in [5.41, 5.74) is 0. The molecule has 1 aliphatic rings. The van der Waals surface area contributed by atoms with Crippen LogP contribution < -0.4 is 0 Å². The first-order chi connectivity index (χ1) is 4.33. The molecule has 0 aromatic carbocycles. The zero-order valence-electron chi connectivity index (χ0n) is 6.26. The van der Waals surface area contributed by atoms with E-state index >= 15 is 0 Å². The molecule has 0 heterocycles. The molecule has 53 valence electrons. The first-order valence-electron chi connectivity index (χ1n) is 3.78. The minimum Gasteiger partial charge on any atom is -0.155 e.